The molecule has 1 aliphatic rings. The standard InChI is InChI=1S/C20H32N2O4/c1-4-25-12-13-26-14-17-6-5-7-18(16(17)2)22-19(23)20(15-24-3)8-10-21-11-9-20/h5-7,21H,4,8-15H2,1-3H3,(H,22,23). The van der Waals surface area contributed by atoms with E-state index in [1.165, 1.54) is 0 Å². The summed E-state index contributed by atoms with van der Waals surface area (Å²) in [7, 11) is 1.66. The van der Waals surface area contributed by atoms with Crippen molar-refractivity contribution < 1.29 is 19.0 Å². The molecule has 0 radical (unpaired) electrons. The normalized spacial score (nSPS) is 16.4. The third-order valence-electron chi connectivity index (χ3n) is 4.99. The molecular formula is C20H32N2O4. The molecule has 2 N–H and O–H groups in total. The molecule has 2 rings (SSSR count). The van der Waals surface area contributed by atoms with Crippen molar-refractivity contribution in [1.29, 1.82) is 0 Å². The smallest absolute Gasteiger partial charge is 0.233 e. The van der Waals surface area contributed by atoms with Gasteiger partial charge in [-0.05, 0) is 57.0 Å². The molecule has 1 aromatic rings. The molecule has 0 atom stereocenters. The largest absolute Gasteiger partial charge is 0.384 e. The molecule has 1 fully saturated rings. The molecule has 6 nitrogen and oxygen atoms in total. The average molecular weight is 364 g/mol. The molecule has 0 aromatic heterocycles. The van der Waals surface area contributed by atoms with Crippen LogP contribution in [0.15, 0.2) is 18.2 Å². The summed E-state index contributed by atoms with van der Waals surface area (Å²) in [5, 5.41) is 6.44. The number of benzene rings is 1. The van der Waals surface area contributed by atoms with Gasteiger partial charge in [0.15, 0.2) is 0 Å². The van der Waals surface area contributed by atoms with Crippen LogP contribution in [0.5, 0.6) is 0 Å². The lowest BCUT2D eigenvalue weighted by molar-refractivity contribution is -0.130. The third-order valence-corrected chi connectivity index (χ3v) is 4.99. The third kappa shape index (κ3) is 5.51. The molecule has 0 spiro atoms. The number of nitrogens with one attached hydrogen (secondary N) is 2. The number of amides is 1. The van der Waals surface area contributed by atoms with Gasteiger partial charge in [-0.3, -0.25) is 4.79 Å². The second-order valence-corrected chi connectivity index (χ2v) is 6.76. The number of carbonyl (C=O) groups is 1. The number of methoxy groups -OCH3 is 1. The van der Waals surface area contributed by atoms with Crippen molar-refractivity contribution in [3.63, 3.8) is 0 Å². The van der Waals surface area contributed by atoms with Crippen LogP contribution in [0.2, 0.25) is 0 Å². The maximum absolute atomic E-state index is 13.0. The van der Waals surface area contributed by atoms with E-state index in [2.05, 4.69) is 10.6 Å². The summed E-state index contributed by atoms with van der Waals surface area (Å²) in [6.45, 7) is 8.47. The molecule has 26 heavy (non-hydrogen) atoms. The Kier molecular flexibility index (Phi) is 8.51. The number of anilines is 1. The van der Waals surface area contributed by atoms with Crippen LogP contribution in [-0.2, 0) is 25.6 Å². The van der Waals surface area contributed by atoms with Crippen LogP contribution in [0.1, 0.15) is 30.9 Å². The Morgan fingerprint density at radius 3 is 2.65 bits per heavy atom. The van der Waals surface area contributed by atoms with Crippen molar-refractivity contribution in [3.05, 3.63) is 29.3 Å². The highest BCUT2D eigenvalue weighted by Gasteiger charge is 2.39. The van der Waals surface area contributed by atoms with E-state index in [9.17, 15) is 4.79 Å². The Balaban J connectivity index is 2.01. The van der Waals surface area contributed by atoms with Gasteiger partial charge in [-0.2, -0.15) is 0 Å². The molecule has 6 heteroatoms. The highest BCUT2D eigenvalue weighted by Crippen LogP contribution is 2.31. The van der Waals surface area contributed by atoms with Crippen LogP contribution < -0.4 is 10.6 Å². The molecule has 0 aliphatic carbocycles. The quantitative estimate of drug-likeness (QED) is 0.625. The summed E-state index contributed by atoms with van der Waals surface area (Å²) in [6, 6.07) is 5.93. The lowest BCUT2D eigenvalue weighted by Crippen LogP contribution is -2.47. The number of hydrogen-bond donors (Lipinski definition) is 2. The monoisotopic (exact) mass is 364 g/mol. The summed E-state index contributed by atoms with van der Waals surface area (Å²) in [6.07, 6.45) is 1.57. The Labute approximate surface area is 156 Å². The molecule has 0 unspecified atom stereocenters. The first-order chi connectivity index (χ1) is 12.6. The minimum absolute atomic E-state index is 0.0402. The lowest BCUT2D eigenvalue weighted by atomic mass is 9.78. The fourth-order valence-corrected chi connectivity index (χ4v) is 3.29. The van der Waals surface area contributed by atoms with Crippen molar-refractivity contribution in [2.45, 2.75) is 33.3 Å². The van der Waals surface area contributed by atoms with Crippen molar-refractivity contribution in [2.24, 2.45) is 5.41 Å². The van der Waals surface area contributed by atoms with Crippen molar-refractivity contribution in [2.75, 3.05) is 51.9 Å². The Bertz CT molecular complexity index is 565. The van der Waals surface area contributed by atoms with E-state index in [0.29, 0.717) is 33.0 Å². The van der Waals surface area contributed by atoms with Gasteiger partial charge in [0.25, 0.3) is 0 Å². The summed E-state index contributed by atoms with van der Waals surface area (Å²) in [4.78, 5) is 13.0. The molecule has 146 valence electrons. The first-order valence-electron chi connectivity index (χ1n) is 9.38. The van der Waals surface area contributed by atoms with Crippen LogP contribution >= 0.6 is 0 Å². The van der Waals surface area contributed by atoms with Crippen LogP contribution in [0.25, 0.3) is 0 Å². The van der Waals surface area contributed by atoms with Crippen LogP contribution in [0.4, 0.5) is 5.69 Å². The van der Waals surface area contributed by atoms with E-state index in [1.807, 2.05) is 32.0 Å². The minimum atomic E-state index is -0.462. The zero-order valence-corrected chi connectivity index (χ0v) is 16.2. The van der Waals surface area contributed by atoms with Gasteiger partial charge < -0.3 is 24.8 Å². The molecule has 1 saturated heterocycles. The molecular weight excluding hydrogens is 332 g/mol. The van der Waals surface area contributed by atoms with E-state index in [-0.39, 0.29) is 5.91 Å². The molecule has 1 amide bonds. The predicted molar refractivity (Wildman–Crippen MR) is 102 cm³/mol. The maximum atomic E-state index is 13.0. The number of piperidine rings is 1. The Morgan fingerprint density at radius 1 is 1.23 bits per heavy atom. The van der Waals surface area contributed by atoms with Crippen LogP contribution in [0.3, 0.4) is 0 Å². The molecule has 0 saturated carbocycles. The van der Waals surface area contributed by atoms with E-state index < -0.39 is 5.41 Å². The van der Waals surface area contributed by atoms with Gasteiger partial charge in [-0.1, -0.05) is 12.1 Å². The highest BCUT2D eigenvalue weighted by molar-refractivity contribution is 5.96. The highest BCUT2D eigenvalue weighted by atomic mass is 16.5. The van der Waals surface area contributed by atoms with Gasteiger partial charge in [0, 0.05) is 19.4 Å². The minimum Gasteiger partial charge on any atom is -0.384 e. The van der Waals surface area contributed by atoms with Crippen LogP contribution in [0, 0.1) is 12.3 Å². The van der Waals surface area contributed by atoms with Gasteiger partial charge in [0.2, 0.25) is 5.91 Å². The summed E-state index contributed by atoms with van der Waals surface area (Å²) in [5.74, 6) is 0.0402. The zero-order valence-electron chi connectivity index (χ0n) is 16.2. The van der Waals surface area contributed by atoms with Crippen LogP contribution in [-0.4, -0.2) is 52.5 Å². The summed E-state index contributed by atoms with van der Waals surface area (Å²) < 4.78 is 16.3. The van der Waals surface area contributed by atoms with Gasteiger partial charge >= 0.3 is 0 Å². The van der Waals surface area contributed by atoms with E-state index in [1.54, 1.807) is 7.11 Å². The van der Waals surface area contributed by atoms with E-state index in [4.69, 9.17) is 14.2 Å². The summed E-state index contributed by atoms with van der Waals surface area (Å²) in [5.41, 5.74) is 2.50. The van der Waals surface area contributed by atoms with Crippen molar-refractivity contribution in [3.8, 4) is 0 Å². The number of hydrogen-bond acceptors (Lipinski definition) is 5. The lowest BCUT2D eigenvalue weighted by Gasteiger charge is -2.35. The van der Waals surface area contributed by atoms with Gasteiger partial charge in [0.1, 0.15) is 0 Å². The molecule has 1 aromatic carbocycles. The predicted octanol–water partition coefficient (Wildman–Crippen LogP) is 2.50. The summed E-state index contributed by atoms with van der Waals surface area (Å²) >= 11 is 0. The Hall–Kier alpha value is -1.47. The van der Waals surface area contributed by atoms with E-state index >= 15 is 0 Å². The van der Waals surface area contributed by atoms with Gasteiger partial charge in [-0.15, -0.1) is 0 Å². The number of rotatable bonds is 10. The Morgan fingerprint density at radius 2 is 1.96 bits per heavy atom. The fourth-order valence-electron chi connectivity index (χ4n) is 3.29. The van der Waals surface area contributed by atoms with E-state index in [0.717, 1.165) is 42.7 Å². The first kappa shape index (κ1) is 20.8. The molecule has 1 aliphatic heterocycles. The fraction of sp³-hybridized carbons (Fsp3) is 0.650. The van der Waals surface area contributed by atoms with Gasteiger partial charge in [-0.25, -0.2) is 0 Å². The first-order valence-corrected chi connectivity index (χ1v) is 9.38. The second kappa shape index (κ2) is 10.6. The SMILES string of the molecule is CCOCCOCc1cccc(NC(=O)C2(COC)CCNCC2)c1C. The molecule has 1 heterocycles. The second-order valence-electron chi connectivity index (χ2n) is 6.76. The van der Waals surface area contributed by atoms with Crippen molar-refractivity contribution in [1.82, 2.24) is 5.32 Å². The maximum Gasteiger partial charge on any atom is 0.233 e. The van der Waals surface area contributed by atoms with Gasteiger partial charge in [0.05, 0.1) is 31.8 Å². The average Bonchev–Trinajstić information content (AvgIpc) is 2.65. The molecule has 0 bridgehead atoms. The number of carbonyl (C=O) groups excluding carboxylic acids is 1. The number of ether oxygens (including phenoxy) is 3. The van der Waals surface area contributed by atoms with Crippen molar-refractivity contribution >= 4 is 11.6 Å². The zero-order chi connectivity index (χ0) is 18.8. The topological polar surface area (TPSA) is 68.8 Å².